The van der Waals surface area contributed by atoms with Crippen LogP contribution in [0.5, 0.6) is 0 Å². The van der Waals surface area contributed by atoms with E-state index in [9.17, 15) is 0 Å². The maximum absolute atomic E-state index is 5.93. The Labute approximate surface area is 103 Å². The summed E-state index contributed by atoms with van der Waals surface area (Å²) in [7, 11) is 0. The third-order valence-corrected chi connectivity index (χ3v) is 4.13. The van der Waals surface area contributed by atoms with Crippen molar-refractivity contribution in [2.45, 2.75) is 43.9 Å². The highest BCUT2D eigenvalue weighted by atomic mass is 35.5. The number of hydrogen-bond donors (Lipinski definition) is 1. The van der Waals surface area contributed by atoms with E-state index in [2.05, 4.69) is 12.1 Å². The molecular weight excluding hydrogens is 218 g/mol. The molecule has 0 spiro atoms. The highest BCUT2D eigenvalue weighted by Gasteiger charge is 2.37. The van der Waals surface area contributed by atoms with Gasteiger partial charge in [0.05, 0.1) is 0 Å². The zero-order valence-electron chi connectivity index (χ0n) is 9.71. The fourth-order valence-electron chi connectivity index (χ4n) is 2.70. The maximum atomic E-state index is 5.93. The molecule has 1 aromatic rings. The molecule has 2 rings (SSSR count). The van der Waals surface area contributed by atoms with Gasteiger partial charge in [-0.1, -0.05) is 36.6 Å². The molecule has 1 fully saturated rings. The molecule has 1 aliphatic carbocycles. The monoisotopic (exact) mass is 237 g/mol. The molecule has 0 radical (unpaired) electrons. The number of benzene rings is 1. The topological polar surface area (TPSA) is 26.0 Å². The molecule has 0 unspecified atom stereocenters. The molecular formula is C14H20ClN. The summed E-state index contributed by atoms with van der Waals surface area (Å²) >= 11 is 5.93. The molecule has 16 heavy (non-hydrogen) atoms. The smallest absolute Gasteiger partial charge is 0.0406 e. The summed E-state index contributed by atoms with van der Waals surface area (Å²) < 4.78 is 0. The van der Waals surface area contributed by atoms with E-state index >= 15 is 0 Å². The molecule has 0 heterocycles. The first-order valence-electron chi connectivity index (χ1n) is 6.23. The Morgan fingerprint density at radius 1 is 1.12 bits per heavy atom. The molecule has 0 saturated heterocycles. The van der Waals surface area contributed by atoms with Crippen LogP contribution in [0.25, 0.3) is 0 Å². The lowest BCUT2D eigenvalue weighted by Crippen LogP contribution is -2.34. The first-order chi connectivity index (χ1) is 7.77. The van der Waals surface area contributed by atoms with Gasteiger partial charge in [0, 0.05) is 5.02 Å². The molecule has 0 bridgehead atoms. The third kappa shape index (κ3) is 2.41. The summed E-state index contributed by atoms with van der Waals surface area (Å²) in [5.41, 5.74) is 7.48. The zero-order valence-corrected chi connectivity index (χ0v) is 10.5. The highest BCUT2D eigenvalue weighted by molar-refractivity contribution is 6.30. The first-order valence-corrected chi connectivity index (χ1v) is 6.61. The number of unbranched alkanes of at least 4 members (excludes halogenated alkanes) is 1. The molecule has 2 N–H and O–H groups in total. The molecule has 0 aliphatic heterocycles. The second kappa shape index (κ2) is 5.20. The fourth-order valence-corrected chi connectivity index (χ4v) is 2.82. The van der Waals surface area contributed by atoms with Crippen LogP contribution in [0.3, 0.4) is 0 Å². The van der Waals surface area contributed by atoms with Crippen LogP contribution in [-0.4, -0.2) is 6.54 Å². The Balaban J connectivity index is 2.05. The van der Waals surface area contributed by atoms with Crippen molar-refractivity contribution in [3.05, 3.63) is 34.9 Å². The van der Waals surface area contributed by atoms with Gasteiger partial charge in [-0.15, -0.1) is 0 Å². The summed E-state index contributed by atoms with van der Waals surface area (Å²) in [6.45, 7) is 0.816. The van der Waals surface area contributed by atoms with E-state index in [1.807, 2.05) is 12.1 Å². The average Bonchev–Trinajstić information content (AvgIpc) is 2.24. The maximum Gasteiger partial charge on any atom is 0.0406 e. The average molecular weight is 238 g/mol. The second-order valence-electron chi connectivity index (χ2n) is 4.89. The van der Waals surface area contributed by atoms with E-state index in [-0.39, 0.29) is 0 Å². The summed E-state index contributed by atoms with van der Waals surface area (Å²) in [5, 5.41) is 0.834. The minimum absolute atomic E-state index is 0.444. The van der Waals surface area contributed by atoms with Gasteiger partial charge in [0.15, 0.2) is 0 Å². The Morgan fingerprint density at radius 3 is 2.31 bits per heavy atom. The minimum atomic E-state index is 0.444. The fraction of sp³-hybridized carbons (Fsp3) is 0.571. The lowest BCUT2D eigenvalue weighted by atomic mass is 9.62. The molecule has 1 aliphatic rings. The van der Waals surface area contributed by atoms with Gasteiger partial charge >= 0.3 is 0 Å². The van der Waals surface area contributed by atoms with E-state index < -0.39 is 0 Å². The highest BCUT2D eigenvalue weighted by Crippen LogP contribution is 2.47. The predicted octanol–water partition coefficient (Wildman–Crippen LogP) is 3.89. The largest absolute Gasteiger partial charge is 0.330 e. The van der Waals surface area contributed by atoms with Crippen molar-refractivity contribution < 1.29 is 0 Å². The number of nitrogens with two attached hydrogens (primary N) is 1. The number of rotatable bonds is 5. The minimum Gasteiger partial charge on any atom is -0.330 e. The van der Waals surface area contributed by atoms with Gasteiger partial charge in [-0.2, -0.15) is 0 Å². The lowest BCUT2D eigenvalue weighted by molar-refractivity contribution is 0.219. The summed E-state index contributed by atoms with van der Waals surface area (Å²) in [4.78, 5) is 0. The van der Waals surface area contributed by atoms with Gasteiger partial charge in [0.25, 0.3) is 0 Å². The SMILES string of the molecule is NCCCCC1(c2ccc(Cl)cc2)CCC1. The van der Waals surface area contributed by atoms with Crippen LogP contribution in [0, 0.1) is 0 Å². The van der Waals surface area contributed by atoms with Gasteiger partial charge in [0.2, 0.25) is 0 Å². The van der Waals surface area contributed by atoms with Crippen LogP contribution in [0.15, 0.2) is 24.3 Å². The Hall–Kier alpha value is -0.530. The van der Waals surface area contributed by atoms with Gasteiger partial charge in [-0.3, -0.25) is 0 Å². The van der Waals surface area contributed by atoms with Gasteiger partial charge in [-0.05, 0) is 55.3 Å². The van der Waals surface area contributed by atoms with Gasteiger partial charge < -0.3 is 5.73 Å². The summed E-state index contributed by atoms with van der Waals surface area (Å²) in [6, 6.07) is 8.42. The van der Waals surface area contributed by atoms with Crippen LogP contribution in [0.1, 0.15) is 44.1 Å². The Bertz CT molecular complexity index is 327. The van der Waals surface area contributed by atoms with E-state index in [1.165, 1.54) is 37.7 Å². The molecule has 1 nitrogen and oxygen atoms in total. The number of halogens is 1. The lowest BCUT2D eigenvalue weighted by Gasteiger charge is -2.43. The van der Waals surface area contributed by atoms with Gasteiger partial charge in [-0.25, -0.2) is 0 Å². The quantitative estimate of drug-likeness (QED) is 0.773. The summed E-state index contributed by atoms with van der Waals surface area (Å²) in [5.74, 6) is 0. The van der Waals surface area contributed by atoms with Crippen LogP contribution < -0.4 is 5.73 Å². The molecule has 88 valence electrons. The van der Waals surface area contributed by atoms with Gasteiger partial charge in [0.1, 0.15) is 0 Å². The number of hydrogen-bond acceptors (Lipinski definition) is 1. The predicted molar refractivity (Wildman–Crippen MR) is 69.9 cm³/mol. The van der Waals surface area contributed by atoms with Crippen molar-refractivity contribution in [1.29, 1.82) is 0 Å². The molecule has 1 aromatic carbocycles. The third-order valence-electron chi connectivity index (χ3n) is 3.88. The van der Waals surface area contributed by atoms with E-state index in [1.54, 1.807) is 0 Å². The van der Waals surface area contributed by atoms with Crippen molar-refractivity contribution in [1.82, 2.24) is 0 Å². The van der Waals surface area contributed by atoms with Crippen molar-refractivity contribution in [3.63, 3.8) is 0 Å². The molecule has 0 atom stereocenters. The van der Waals surface area contributed by atoms with E-state index in [0.717, 1.165) is 18.0 Å². The van der Waals surface area contributed by atoms with Crippen LogP contribution in [0.4, 0.5) is 0 Å². The van der Waals surface area contributed by atoms with E-state index in [4.69, 9.17) is 17.3 Å². The normalized spacial score (nSPS) is 18.1. The Kier molecular flexibility index (Phi) is 3.88. The Morgan fingerprint density at radius 2 is 1.81 bits per heavy atom. The first kappa shape index (κ1) is 11.9. The van der Waals surface area contributed by atoms with Crippen molar-refractivity contribution in [3.8, 4) is 0 Å². The van der Waals surface area contributed by atoms with Crippen molar-refractivity contribution in [2.75, 3.05) is 6.54 Å². The standard InChI is InChI=1S/C14H20ClN/c15-13-6-4-12(5-7-13)14(9-3-10-14)8-1-2-11-16/h4-7H,1-3,8-11,16H2. The van der Waals surface area contributed by atoms with Crippen molar-refractivity contribution >= 4 is 11.6 Å². The van der Waals surface area contributed by atoms with Crippen LogP contribution in [0.2, 0.25) is 5.02 Å². The van der Waals surface area contributed by atoms with Crippen LogP contribution in [-0.2, 0) is 5.41 Å². The van der Waals surface area contributed by atoms with E-state index in [0.29, 0.717) is 5.41 Å². The van der Waals surface area contributed by atoms with Crippen molar-refractivity contribution in [2.24, 2.45) is 5.73 Å². The zero-order chi connectivity index (χ0) is 11.4. The molecule has 1 saturated carbocycles. The second-order valence-corrected chi connectivity index (χ2v) is 5.32. The van der Waals surface area contributed by atoms with Crippen LogP contribution >= 0.6 is 11.6 Å². The summed E-state index contributed by atoms with van der Waals surface area (Å²) in [6.07, 6.45) is 7.71. The molecule has 0 aromatic heterocycles. The molecule has 2 heteroatoms. The molecule has 0 amide bonds.